The lowest BCUT2D eigenvalue weighted by Crippen LogP contribution is -2.24. The number of nitrogens with zero attached hydrogens (tertiary/aromatic N) is 3. The zero-order valence-corrected chi connectivity index (χ0v) is 11.0. The van der Waals surface area contributed by atoms with Crippen LogP contribution in [0.4, 0.5) is 0 Å². The summed E-state index contributed by atoms with van der Waals surface area (Å²) < 4.78 is 1.56. The fourth-order valence-electron chi connectivity index (χ4n) is 2.06. The number of carbonyl (C=O) groups is 1. The van der Waals surface area contributed by atoms with Crippen LogP contribution in [0.2, 0.25) is 0 Å². The van der Waals surface area contributed by atoms with Crippen LogP contribution in [0.5, 0.6) is 0 Å². The van der Waals surface area contributed by atoms with Crippen LogP contribution in [0.15, 0.2) is 48.9 Å². The number of fused-ring (bicyclic) bond motifs is 1. The summed E-state index contributed by atoms with van der Waals surface area (Å²) in [5.41, 5.74) is 8.11. The van der Waals surface area contributed by atoms with Gasteiger partial charge in [0.2, 0.25) is 5.91 Å². The monoisotopic (exact) mass is 266 g/mol. The van der Waals surface area contributed by atoms with Gasteiger partial charge in [-0.15, -0.1) is 0 Å². The normalized spacial score (nSPS) is 12.4. The van der Waals surface area contributed by atoms with Gasteiger partial charge in [-0.05, 0) is 19.1 Å². The molecule has 0 aliphatic carbocycles. The van der Waals surface area contributed by atoms with Gasteiger partial charge >= 0.3 is 0 Å². The standard InChI is InChI=1S/C15H14N4O/c1-10(15(16)20)19-9-13(8-18-19)12-6-11-4-2-3-5-14(11)17-7-12/h2-10H,1H3,(H2,16,20)/t10-/m0/s1. The SMILES string of the molecule is C[C@@H](C(N)=O)n1cc(-c2cnc3ccccc3c2)cn1. The first-order valence-corrected chi connectivity index (χ1v) is 6.34. The fraction of sp³-hybridized carbons (Fsp3) is 0.133. The van der Waals surface area contributed by atoms with Gasteiger partial charge in [-0.3, -0.25) is 14.5 Å². The van der Waals surface area contributed by atoms with E-state index in [1.807, 2.05) is 24.3 Å². The molecule has 0 fully saturated rings. The molecule has 2 heterocycles. The fourth-order valence-corrected chi connectivity index (χ4v) is 2.06. The highest BCUT2D eigenvalue weighted by Crippen LogP contribution is 2.23. The molecule has 5 nitrogen and oxygen atoms in total. The highest BCUT2D eigenvalue weighted by Gasteiger charge is 2.13. The molecule has 0 spiro atoms. The van der Waals surface area contributed by atoms with Crippen molar-refractivity contribution in [1.82, 2.24) is 14.8 Å². The lowest BCUT2D eigenvalue weighted by molar-refractivity contribution is -0.120. The number of primary amides is 1. The number of pyridine rings is 1. The van der Waals surface area contributed by atoms with E-state index in [-0.39, 0.29) is 0 Å². The molecule has 5 heteroatoms. The van der Waals surface area contributed by atoms with Gasteiger partial charge in [0.15, 0.2) is 0 Å². The molecule has 2 aromatic heterocycles. The summed E-state index contributed by atoms with van der Waals surface area (Å²) in [6, 6.07) is 9.52. The van der Waals surface area contributed by atoms with E-state index in [9.17, 15) is 4.79 Å². The van der Waals surface area contributed by atoms with Gasteiger partial charge in [0.1, 0.15) is 6.04 Å². The van der Waals surface area contributed by atoms with Crippen LogP contribution in [0, 0.1) is 0 Å². The maximum atomic E-state index is 11.2. The largest absolute Gasteiger partial charge is 0.368 e. The van der Waals surface area contributed by atoms with E-state index in [1.165, 1.54) is 0 Å². The van der Waals surface area contributed by atoms with Crippen molar-refractivity contribution in [3.8, 4) is 11.1 Å². The predicted molar refractivity (Wildman–Crippen MR) is 76.9 cm³/mol. The highest BCUT2D eigenvalue weighted by atomic mass is 16.1. The Bertz CT molecular complexity index is 778. The first-order chi connectivity index (χ1) is 9.65. The average molecular weight is 266 g/mol. The van der Waals surface area contributed by atoms with Crippen molar-refractivity contribution in [2.24, 2.45) is 5.73 Å². The van der Waals surface area contributed by atoms with Gasteiger partial charge in [-0.25, -0.2) is 0 Å². The second-order valence-corrected chi connectivity index (χ2v) is 4.70. The molecule has 0 unspecified atom stereocenters. The molecule has 0 aliphatic heterocycles. The smallest absolute Gasteiger partial charge is 0.241 e. The number of carbonyl (C=O) groups excluding carboxylic acids is 1. The van der Waals surface area contributed by atoms with Crippen LogP contribution in [0.1, 0.15) is 13.0 Å². The van der Waals surface area contributed by atoms with E-state index < -0.39 is 11.9 Å². The number of amides is 1. The Morgan fingerprint density at radius 1 is 1.25 bits per heavy atom. The molecular weight excluding hydrogens is 252 g/mol. The van der Waals surface area contributed by atoms with Gasteiger partial charge in [0.05, 0.1) is 11.7 Å². The predicted octanol–water partition coefficient (Wildman–Crippen LogP) is 2.14. The number of nitrogens with two attached hydrogens (primary N) is 1. The van der Waals surface area contributed by atoms with Crippen LogP contribution in [-0.4, -0.2) is 20.7 Å². The third-order valence-electron chi connectivity index (χ3n) is 3.33. The number of benzene rings is 1. The third kappa shape index (κ3) is 2.14. The molecule has 0 saturated heterocycles. The van der Waals surface area contributed by atoms with E-state index in [0.29, 0.717) is 0 Å². The first kappa shape index (κ1) is 12.3. The van der Waals surface area contributed by atoms with Gasteiger partial charge in [-0.2, -0.15) is 5.10 Å². The summed E-state index contributed by atoms with van der Waals surface area (Å²) in [6.07, 6.45) is 5.32. The molecule has 2 N–H and O–H groups in total. The summed E-state index contributed by atoms with van der Waals surface area (Å²) in [5, 5.41) is 5.25. The topological polar surface area (TPSA) is 73.8 Å². The van der Waals surface area contributed by atoms with Gasteiger partial charge < -0.3 is 5.73 Å². The Labute approximate surface area is 116 Å². The van der Waals surface area contributed by atoms with Crippen molar-refractivity contribution in [2.75, 3.05) is 0 Å². The minimum atomic E-state index is -0.461. The van der Waals surface area contributed by atoms with Crippen molar-refractivity contribution in [3.63, 3.8) is 0 Å². The molecule has 3 aromatic rings. The van der Waals surface area contributed by atoms with Crippen molar-refractivity contribution in [1.29, 1.82) is 0 Å². The van der Waals surface area contributed by atoms with Crippen LogP contribution in [-0.2, 0) is 4.79 Å². The number of aromatic nitrogens is 3. The zero-order chi connectivity index (χ0) is 14.1. The highest BCUT2D eigenvalue weighted by molar-refractivity contribution is 5.83. The number of hydrogen-bond donors (Lipinski definition) is 1. The third-order valence-corrected chi connectivity index (χ3v) is 3.33. The Morgan fingerprint density at radius 3 is 2.85 bits per heavy atom. The van der Waals surface area contributed by atoms with E-state index in [0.717, 1.165) is 22.0 Å². The van der Waals surface area contributed by atoms with E-state index in [2.05, 4.69) is 16.1 Å². The maximum absolute atomic E-state index is 11.2. The number of hydrogen-bond acceptors (Lipinski definition) is 3. The molecule has 0 aliphatic rings. The molecule has 0 radical (unpaired) electrons. The summed E-state index contributed by atoms with van der Waals surface area (Å²) >= 11 is 0. The Kier molecular flexibility index (Phi) is 2.95. The maximum Gasteiger partial charge on any atom is 0.241 e. The second-order valence-electron chi connectivity index (χ2n) is 4.70. The first-order valence-electron chi connectivity index (χ1n) is 6.34. The zero-order valence-electron chi connectivity index (χ0n) is 11.0. The van der Waals surface area contributed by atoms with E-state index in [1.54, 1.807) is 30.2 Å². The Morgan fingerprint density at radius 2 is 2.05 bits per heavy atom. The molecule has 0 bridgehead atoms. The summed E-state index contributed by atoms with van der Waals surface area (Å²) in [7, 11) is 0. The molecule has 1 amide bonds. The molecular formula is C15H14N4O. The van der Waals surface area contributed by atoms with Crippen molar-refractivity contribution >= 4 is 16.8 Å². The van der Waals surface area contributed by atoms with Crippen LogP contribution in [0.25, 0.3) is 22.0 Å². The van der Waals surface area contributed by atoms with E-state index >= 15 is 0 Å². The molecule has 20 heavy (non-hydrogen) atoms. The number of para-hydroxylation sites is 1. The van der Waals surface area contributed by atoms with Crippen molar-refractivity contribution < 1.29 is 4.79 Å². The van der Waals surface area contributed by atoms with Crippen LogP contribution >= 0.6 is 0 Å². The molecule has 3 rings (SSSR count). The van der Waals surface area contributed by atoms with Gasteiger partial charge in [-0.1, -0.05) is 18.2 Å². The Balaban J connectivity index is 2.01. The molecule has 1 atom stereocenters. The minimum Gasteiger partial charge on any atom is -0.368 e. The van der Waals surface area contributed by atoms with Crippen molar-refractivity contribution in [3.05, 3.63) is 48.9 Å². The summed E-state index contributed by atoms with van der Waals surface area (Å²) in [4.78, 5) is 15.6. The quantitative estimate of drug-likeness (QED) is 0.789. The minimum absolute atomic E-state index is 0.406. The molecule has 0 saturated carbocycles. The van der Waals surface area contributed by atoms with Gasteiger partial charge in [0.25, 0.3) is 0 Å². The summed E-state index contributed by atoms with van der Waals surface area (Å²) in [5.74, 6) is -0.406. The second kappa shape index (κ2) is 4.77. The number of rotatable bonds is 3. The van der Waals surface area contributed by atoms with Crippen molar-refractivity contribution in [2.45, 2.75) is 13.0 Å². The lowest BCUT2D eigenvalue weighted by Gasteiger charge is -2.06. The van der Waals surface area contributed by atoms with Crippen LogP contribution < -0.4 is 5.73 Å². The summed E-state index contributed by atoms with van der Waals surface area (Å²) in [6.45, 7) is 1.72. The average Bonchev–Trinajstić information content (AvgIpc) is 2.95. The van der Waals surface area contributed by atoms with E-state index in [4.69, 9.17) is 5.73 Å². The van der Waals surface area contributed by atoms with Gasteiger partial charge in [0, 0.05) is 28.9 Å². The lowest BCUT2D eigenvalue weighted by atomic mass is 10.1. The molecule has 1 aromatic carbocycles. The molecule has 100 valence electrons. The Hall–Kier alpha value is -2.69. The van der Waals surface area contributed by atoms with Crippen LogP contribution in [0.3, 0.4) is 0 Å².